The molecule has 2 aromatic rings. The molecule has 0 radical (unpaired) electrons. The zero-order chi connectivity index (χ0) is 21.0. The fourth-order valence-electron chi connectivity index (χ4n) is 2.13. The van der Waals surface area contributed by atoms with Gasteiger partial charge < -0.3 is 14.8 Å². The van der Waals surface area contributed by atoms with Crippen LogP contribution >= 0.6 is 12.2 Å². The van der Waals surface area contributed by atoms with Gasteiger partial charge in [-0.15, -0.1) is 0 Å². The molecule has 1 amide bonds. The van der Waals surface area contributed by atoms with Crippen LogP contribution in [0.4, 0.5) is 23.2 Å². The number of esters is 1. The number of methoxy groups -OCH3 is 2. The smallest absolute Gasteiger partial charge is 0.337 e. The van der Waals surface area contributed by atoms with E-state index in [9.17, 15) is 27.2 Å². The van der Waals surface area contributed by atoms with Gasteiger partial charge in [-0.1, -0.05) is 0 Å². The van der Waals surface area contributed by atoms with Crippen LogP contribution in [-0.4, -0.2) is 31.2 Å². The van der Waals surface area contributed by atoms with Gasteiger partial charge in [-0.3, -0.25) is 10.1 Å². The van der Waals surface area contributed by atoms with Gasteiger partial charge in [-0.25, -0.2) is 13.6 Å². The van der Waals surface area contributed by atoms with E-state index in [4.69, 9.17) is 12.2 Å². The van der Waals surface area contributed by atoms with E-state index in [0.717, 1.165) is 7.11 Å². The van der Waals surface area contributed by atoms with E-state index in [1.807, 2.05) is 5.32 Å². The lowest BCUT2D eigenvalue weighted by molar-refractivity contribution is 0.0600. The van der Waals surface area contributed by atoms with Crippen LogP contribution in [0.1, 0.15) is 20.7 Å². The van der Waals surface area contributed by atoms with Crippen LogP contribution in [0.3, 0.4) is 0 Å². The topological polar surface area (TPSA) is 76.7 Å². The second-order valence-corrected chi connectivity index (χ2v) is 5.55. The second-order valence-electron chi connectivity index (χ2n) is 5.14. The van der Waals surface area contributed by atoms with Crippen molar-refractivity contribution in [2.45, 2.75) is 0 Å². The first kappa shape index (κ1) is 21.1. The summed E-state index contributed by atoms with van der Waals surface area (Å²) in [6, 6.07) is 5.62. The molecule has 28 heavy (non-hydrogen) atoms. The second kappa shape index (κ2) is 8.65. The van der Waals surface area contributed by atoms with E-state index >= 15 is 0 Å². The third kappa shape index (κ3) is 4.19. The molecule has 0 fully saturated rings. The molecule has 0 aliphatic rings. The highest BCUT2D eigenvalue weighted by Crippen LogP contribution is 2.29. The van der Waals surface area contributed by atoms with Gasteiger partial charge in [-0.2, -0.15) is 8.78 Å². The average molecular weight is 416 g/mol. The van der Waals surface area contributed by atoms with Crippen molar-refractivity contribution in [3.05, 3.63) is 58.7 Å². The zero-order valence-corrected chi connectivity index (χ0v) is 15.2. The minimum Gasteiger partial charge on any atom is -0.491 e. The summed E-state index contributed by atoms with van der Waals surface area (Å²) in [5.41, 5.74) is -0.941. The number of anilines is 1. The van der Waals surface area contributed by atoms with E-state index < -0.39 is 51.6 Å². The summed E-state index contributed by atoms with van der Waals surface area (Å²) in [5.74, 6) is -11.0. The number of thiocarbonyl (C=S) groups is 1. The highest BCUT2D eigenvalue weighted by molar-refractivity contribution is 7.80. The van der Waals surface area contributed by atoms with Gasteiger partial charge in [0, 0.05) is 5.69 Å². The molecule has 0 bridgehead atoms. The Hall–Kier alpha value is -3.21. The highest BCUT2D eigenvalue weighted by Gasteiger charge is 2.30. The maximum atomic E-state index is 13.9. The number of hydrogen-bond acceptors (Lipinski definition) is 5. The molecule has 2 aromatic carbocycles. The predicted octanol–water partition coefficient (Wildman–Crippen LogP) is 3.17. The number of carbonyl (C=O) groups excluding carboxylic acids is 2. The molecular weight excluding hydrogens is 404 g/mol. The Morgan fingerprint density at radius 1 is 0.929 bits per heavy atom. The van der Waals surface area contributed by atoms with Gasteiger partial charge in [0.15, 0.2) is 22.5 Å². The van der Waals surface area contributed by atoms with E-state index in [-0.39, 0.29) is 5.56 Å². The van der Waals surface area contributed by atoms with Crippen molar-refractivity contribution in [2.24, 2.45) is 0 Å². The normalized spacial score (nSPS) is 10.2. The Morgan fingerprint density at radius 3 is 1.93 bits per heavy atom. The number of ether oxygens (including phenoxy) is 2. The first-order valence-corrected chi connectivity index (χ1v) is 7.82. The number of benzene rings is 2. The minimum absolute atomic E-state index is 0.247. The number of rotatable bonds is 4. The highest BCUT2D eigenvalue weighted by atomic mass is 32.1. The molecular formula is C17H12F4N2O4S. The van der Waals surface area contributed by atoms with Crippen LogP contribution < -0.4 is 15.4 Å². The van der Waals surface area contributed by atoms with Crippen LogP contribution in [0.15, 0.2) is 24.3 Å². The summed E-state index contributed by atoms with van der Waals surface area (Å²) in [7, 11) is 2.02. The van der Waals surface area contributed by atoms with E-state index in [0.29, 0.717) is 5.69 Å². The van der Waals surface area contributed by atoms with Crippen molar-refractivity contribution in [1.82, 2.24) is 5.32 Å². The summed E-state index contributed by atoms with van der Waals surface area (Å²) in [6.07, 6.45) is 0. The molecule has 0 saturated carbocycles. The fraction of sp³-hybridized carbons (Fsp3) is 0.118. The summed E-state index contributed by atoms with van der Waals surface area (Å²) >= 11 is 4.83. The van der Waals surface area contributed by atoms with Crippen molar-refractivity contribution >= 4 is 34.9 Å². The number of nitrogens with one attached hydrogen (secondary N) is 2. The molecule has 0 spiro atoms. The van der Waals surface area contributed by atoms with Crippen LogP contribution in [0.2, 0.25) is 0 Å². The maximum absolute atomic E-state index is 13.9. The van der Waals surface area contributed by atoms with Crippen LogP contribution in [0, 0.1) is 23.3 Å². The molecule has 0 saturated heterocycles. The lowest BCUT2D eigenvalue weighted by atomic mass is 10.1. The average Bonchev–Trinajstić information content (AvgIpc) is 2.67. The molecule has 2 N–H and O–H groups in total. The molecule has 0 aromatic heterocycles. The van der Waals surface area contributed by atoms with Gasteiger partial charge in [0.2, 0.25) is 11.6 Å². The van der Waals surface area contributed by atoms with Crippen molar-refractivity contribution < 1.29 is 36.6 Å². The molecule has 11 heteroatoms. The molecule has 2 rings (SSSR count). The number of halogens is 4. The monoisotopic (exact) mass is 416 g/mol. The fourth-order valence-corrected chi connectivity index (χ4v) is 2.34. The van der Waals surface area contributed by atoms with Crippen molar-refractivity contribution in [2.75, 3.05) is 19.5 Å². The molecule has 148 valence electrons. The zero-order valence-electron chi connectivity index (χ0n) is 14.4. The van der Waals surface area contributed by atoms with Gasteiger partial charge in [-0.05, 0) is 36.5 Å². The minimum atomic E-state index is -1.93. The van der Waals surface area contributed by atoms with Gasteiger partial charge in [0.05, 0.1) is 19.8 Å². The third-order valence-electron chi connectivity index (χ3n) is 3.45. The first-order chi connectivity index (χ1) is 13.2. The van der Waals surface area contributed by atoms with Crippen LogP contribution in [0.25, 0.3) is 0 Å². The van der Waals surface area contributed by atoms with E-state index in [1.165, 1.54) is 31.4 Å². The number of carbonyl (C=O) groups is 2. The van der Waals surface area contributed by atoms with Crippen molar-refractivity contribution in [3.63, 3.8) is 0 Å². The standard InChI is InChI=1S/C17H12F4N2O4S/c1-26-14-12(20)10(18)9(11(19)13(14)21)15(24)23-17(28)22-8-5-3-7(4-6-8)16(25)27-2/h3-6H,1-2H3,(H2,22,23,24,28). The Balaban J connectivity index is 2.17. The van der Waals surface area contributed by atoms with Gasteiger partial charge in [0.25, 0.3) is 5.91 Å². The third-order valence-corrected chi connectivity index (χ3v) is 3.65. The lowest BCUT2D eigenvalue weighted by Gasteiger charge is -2.13. The van der Waals surface area contributed by atoms with Crippen LogP contribution in [0.5, 0.6) is 5.75 Å². The van der Waals surface area contributed by atoms with Crippen molar-refractivity contribution in [3.8, 4) is 5.75 Å². The SMILES string of the molecule is COC(=O)c1ccc(NC(=S)NC(=O)c2c(F)c(F)c(OC)c(F)c2F)cc1. The first-order valence-electron chi connectivity index (χ1n) is 7.41. The molecule has 6 nitrogen and oxygen atoms in total. The maximum Gasteiger partial charge on any atom is 0.337 e. The van der Waals surface area contributed by atoms with E-state index in [2.05, 4.69) is 14.8 Å². The van der Waals surface area contributed by atoms with Crippen LogP contribution in [-0.2, 0) is 4.74 Å². The summed E-state index contributed by atoms with van der Waals surface area (Å²) < 4.78 is 64.1. The van der Waals surface area contributed by atoms with Gasteiger partial charge >= 0.3 is 5.97 Å². The quantitative estimate of drug-likeness (QED) is 0.345. The number of amides is 1. The lowest BCUT2D eigenvalue weighted by Crippen LogP contribution is -2.35. The molecule has 0 heterocycles. The molecule has 0 aliphatic carbocycles. The van der Waals surface area contributed by atoms with E-state index in [1.54, 1.807) is 0 Å². The largest absolute Gasteiger partial charge is 0.491 e. The summed E-state index contributed by atoms with van der Waals surface area (Å²) in [4.78, 5) is 23.4. The Kier molecular flexibility index (Phi) is 6.52. The number of hydrogen-bond donors (Lipinski definition) is 2. The molecule has 0 atom stereocenters. The Labute approximate surface area is 161 Å². The molecule has 0 aliphatic heterocycles. The summed E-state index contributed by atoms with van der Waals surface area (Å²) in [6.45, 7) is 0. The van der Waals surface area contributed by atoms with Gasteiger partial charge in [0.1, 0.15) is 5.56 Å². The predicted molar refractivity (Wildman–Crippen MR) is 94.3 cm³/mol. The summed E-state index contributed by atoms with van der Waals surface area (Å²) in [5, 5.41) is 4.00. The Morgan fingerprint density at radius 2 is 1.46 bits per heavy atom. The Bertz CT molecular complexity index is 922. The van der Waals surface area contributed by atoms with Crippen molar-refractivity contribution in [1.29, 1.82) is 0 Å². The molecule has 0 unspecified atom stereocenters.